The van der Waals surface area contributed by atoms with Crippen molar-refractivity contribution >= 4 is 10.8 Å². The van der Waals surface area contributed by atoms with E-state index in [1.165, 1.54) is 16.5 Å². The second-order valence-electron chi connectivity index (χ2n) is 6.12. The monoisotopic (exact) mass is 305 g/mol. The maximum atomic E-state index is 6.07. The van der Waals surface area contributed by atoms with Crippen molar-refractivity contribution in [2.24, 2.45) is 0 Å². The Morgan fingerprint density at radius 1 is 0.870 bits per heavy atom. The fraction of sp³-hybridized carbons (Fsp3) is 0.238. The van der Waals surface area contributed by atoms with Gasteiger partial charge >= 0.3 is 0 Å². The van der Waals surface area contributed by atoms with Crippen LogP contribution in [0, 0.1) is 0 Å². The summed E-state index contributed by atoms with van der Waals surface area (Å²) in [5.41, 5.74) is 2.48. The summed E-state index contributed by atoms with van der Waals surface area (Å²) in [5.74, 6) is 0.939. The van der Waals surface area contributed by atoms with Gasteiger partial charge in [-0.3, -0.25) is 0 Å². The van der Waals surface area contributed by atoms with Crippen LogP contribution < -0.4 is 10.1 Å². The van der Waals surface area contributed by atoms with E-state index in [1.54, 1.807) is 0 Å². The molecule has 0 heterocycles. The van der Waals surface area contributed by atoms with E-state index in [0.29, 0.717) is 12.6 Å². The van der Waals surface area contributed by atoms with Crippen LogP contribution in [0.3, 0.4) is 0 Å². The normalized spacial score (nSPS) is 11.1. The molecule has 0 fully saturated rings. The quantitative estimate of drug-likeness (QED) is 0.698. The topological polar surface area (TPSA) is 21.3 Å². The lowest BCUT2D eigenvalue weighted by Crippen LogP contribution is -2.21. The highest BCUT2D eigenvalue weighted by atomic mass is 16.5. The number of nitrogens with one attached hydrogen (secondary N) is 1. The van der Waals surface area contributed by atoms with Crippen LogP contribution in [0.4, 0.5) is 0 Å². The Balaban J connectivity index is 1.71. The molecule has 0 aliphatic rings. The standard InChI is InChI=1S/C21H23NO/c1-16(2)22-14-17-7-5-8-18(13-17)15-23-21-12-6-10-19-9-3-4-11-20(19)21/h3-13,16,22H,14-15H2,1-2H3. The lowest BCUT2D eigenvalue weighted by molar-refractivity contribution is 0.310. The first-order valence-electron chi connectivity index (χ1n) is 8.14. The van der Waals surface area contributed by atoms with Crippen LogP contribution in [0.2, 0.25) is 0 Å². The van der Waals surface area contributed by atoms with E-state index in [0.717, 1.165) is 17.7 Å². The molecule has 0 saturated heterocycles. The van der Waals surface area contributed by atoms with Gasteiger partial charge in [-0.25, -0.2) is 0 Å². The van der Waals surface area contributed by atoms with E-state index < -0.39 is 0 Å². The molecule has 0 spiro atoms. The Morgan fingerprint density at radius 2 is 1.61 bits per heavy atom. The Labute approximate surface area is 138 Å². The molecule has 0 amide bonds. The molecule has 3 rings (SSSR count). The van der Waals surface area contributed by atoms with Gasteiger partial charge in [0, 0.05) is 18.0 Å². The lowest BCUT2D eigenvalue weighted by atomic mass is 10.1. The predicted octanol–water partition coefficient (Wildman–Crippen LogP) is 4.92. The zero-order valence-electron chi connectivity index (χ0n) is 13.8. The molecule has 0 aromatic heterocycles. The molecule has 0 saturated carbocycles. The number of ether oxygens (including phenoxy) is 1. The number of rotatable bonds is 6. The molecule has 2 nitrogen and oxygen atoms in total. The van der Waals surface area contributed by atoms with Crippen molar-refractivity contribution in [2.45, 2.75) is 33.0 Å². The summed E-state index contributed by atoms with van der Waals surface area (Å²) in [6.07, 6.45) is 0. The van der Waals surface area contributed by atoms with Crippen LogP contribution in [-0.4, -0.2) is 6.04 Å². The number of hydrogen-bond donors (Lipinski definition) is 1. The van der Waals surface area contributed by atoms with Crippen LogP contribution in [0.5, 0.6) is 5.75 Å². The van der Waals surface area contributed by atoms with E-state index in [1.807, 2.05) is 18.2 Å². The molecule has 1 N–H and O–H groups in total. The minimum atomic E-state index is 0.491. The Morgan fingerprint density at radius 3 is 2.48 bits per heavy atom. The Hall–Kier alpha value is -2.32. The molecule has 0 aliphatic carbocycles. The first-order valence-corrected chi connectivity index (χ1v) is 8.14. The molecule has 0 unspecified atom stereocenters. The third-order valence-corrected chi connectivity index (χ3v) is 3.85. The predicted molar refractivity (Wildman–Crippen MR) is 96.7 cm³/mol. The van der Waals surface area contributed by atoms with Crippen LogP contribution in [0.1, 0.15) is 25.0 Å². The van der Waals surface area contributed by atoms with Gasteiger partial charge in [-0.2, -0.15) is 0 Å². The van der Waals surface area contributed by atoms with Crippen molar-refractivity contribution in [3.05, 3.63) is 77.9 Å². The molecule has 0 radical (unpaired) electrons. The second-order valence-corrected chi connectivity index (χ2v) is 6.12. The van der Waals surface area contributed by atoms with Gasteiger partial charge in [0.25, 0.3) is 0 Å². The highest BCUT2D eigenvalue weighted by molar-refractivity contribution is 5.88. The summed E-state index contributed by atoms with van der Waals surface area (Å²) in [5, 5.41) is 5.81. The van der Waals surface area contributed by atoms with Gasteiger partial charge in [-0.05, 0) is 22.6 Å². The van der Waals surface area contributed by atoms with Crippen LogP contribution in [-0.2, 0) is 13.2 Å². The zero-order chi connectivity index (χ0) is 16.1. The van der Waals surface area contributed by atoms with Gasteiger partial charge in [-0.15, -0.1) is 0 Å². The molecular weight excluding hydrogens is 282 g/mol. The second kappa shape index (κ2) is 7.30. The largest absolute Gasteiger partial charge is 0.488 e. The van der Waals surface area contributed by atoms with E-state index >= 15 is 0 Å². The average Bonchev–Trinajstić information content (AvgIpc) is 2.58. The molecule has 0 aliphatic heterocycles. The van der Waals surface area contributed by atoms with Gasteiger partial charge < -0.3 is 10.1 Å². The smallest absolute Gasteiger partial charge is 0.127 e. The number of benzene rings is 3. The third-order valence-electron chi connectivity index (χ3n) is 3.85. The third kappa shape index (κ3) is 4.11. The van der Waals surface area contributed by atoms with Gasteiger partial charge in [0.15, 0.2) is 0 Å². The molecule has 0 atom stereocenters. The summed E-state index contributed by atoms with van der Waals surface area (Å²) >= 11 is 0. The van der Waals surface area contributed by atoms with E-state index in [2.05, 4.69) is 67.7 Å². The fourth-order valence-electron chi connectivity index (χ4n) is 2.63. The van der Waals surface area contributed by atoms with Crippen LogP contribution in [0.25, 0.3) is 10.8 Å². The summed E-state index contributed by atoms with van der Waals surface area (Å²) in [4.78, 5) is 0. The fourth-order valence-corrected chi connectivity index (χ4v) is 2.63. The minimum Gasteiger partial charge on any atom is -0.488 e. The van der Waals surface area contributed by atoms with E-state index in [9.17, 15) is 0 Å². The summed E-state index contributed by atoms with van der Waals surface area (Å²) in [7, 11) is 0. The number of hydrogen-bond acceptors (Lipinski definition) is 2. The van der Waals surface area contributed by atoms with E-state index in [4.69, 9.17) is 4.74 Å². The Kier molecular flexibility index (Phi) is 4.94. The van der Waals surface area contributed by atoms with Gasteiger partial charge in [0.1, 0.15) is 12.4 Å². The first-order chi connectivity index (χ1) is 11.2. The molecule has 23 heavy (non-hydrogen) atoms. The molecule has 118 valence electrons. The SMILES string of the molecule is CC(C)NCc1cccc(COc2cccc3ccccc23)c1. The van der Waals surface area contributed by atoms with Crippen molar-refractivity contribution < 1.29 is 4.74 Å². The molecule has 3 aromatic carbocycles. The number of fused-ring (bicyclic) bond motifs is 1. The van der Waals surface area contributed by atoms with Gasteiger partial charge in [-0.1, -0.05) is 74.5 Å². The van der Waals surface area contributed by atoms with Crippen LogP contribution >= 0.6 is 0 Å². The molecule has 0 bridgehead atoms. The molecule has 2 heteroatoms. The van der Waals surface area contributed by atoms with Gasteiger partial charge in [0.05, 0.1) is 0 Å². The summed E-state index contributed by atoms with van der Waals surface area (Å²) < 4.78 is 6.07. The minimum absolute atomic E-state index is 0.491. The summed E-state index contributed by atoms with van der Waals surface area (Å²) in [6.45, 7) is 5.80. The highest BCUT2D eigenvalue weighted by Crippen LogP contribution is 2.26. The molecule has 3 aromatic rings. The van der Waals surface area contributed by atoms with Crippen molar-refractivity contribution in [2.75, 3.05) is 0 Å². The lowest BCUT2D eigenvalue weighted by Gasteiger charge is -2.11. The maximum absolute atomic E-state index is 6.07. The first kappa shape index (κ1) is 15.6. The Bertz CT molecular complexity index is 774. The highest BCUT2D eigenvalue weighted by Gasteiger charge is 2.03. The van der Waals surface area contributed by atoms with Crippen molar-refractivity contribution in [3.63, 3.8) is 0 Å². The van der Waals surface area contributed by atoms with Crippen LogP contribution in [0.15, 0.2) is 66.7 Å². The van der Waals surface area contributed by atoms with Crippen molar-refractivity contribution in [1.29, 1.82) is 0 Å². The van der Waals surface area contributed by atoms with Crippen molar-refractivity contribution in [1.82, 2.24) is 5.32 Å². The average molecular weight is 305 g/mol. The van der Waals surface area contributed by atoms with Gasteiger partial charge in [0.2, 0.25) is 0 Å². The van der Waals surface area contributed by atoms with Crippen molar-refractivity contribution in [3.8, 4) is 5.75 Å². The summed E-state index contributed by atoms with van der Waals surface area (Å²) in [6, 6.07) is 23.6. The maximum Gasteiger partial charge on any atom is 0.127 e. The zero-order valence-corrected chi connectivity index (χ0v) is 13.8. The van der Waals surface area contributed by atoms with E-state index in [-0.39, 0.29) is 0 Å². The molecular formula is C21H23NO.